The van der Waals surface area contributed by atoms with Crippen LogP contribution in [-0.2, 0) is 24.4 Å². The van der Waals surface area contributed by atoms with E-state index in [1.165, 1.54) is 6.07 Å². The standard InChI is InChI=1S/C9H13NO6S2/c1-7-2-3-8(10)6-9(7)17(11,12)5-4-16-18(13,14)15/h2-3,6H,4-5,10H2,1H3,(H,13,14,15). The van der Waals surface area contributed by atoms with Crippen molar-refractivity contribution in [1.29, 1.82) is 0 Å². The highest BCUT2D eigenvalue weighted by molar-refractivity contribution is 7.91. The molecule has 0 bridgehead atoms. The van der Waals surface area contributed by atoms with Gasteiger partial charge in [0.15, 0.2) is 9.84 Å². The maximum atomic E-state index is 11.9. The number of hydrogen-bond donors (Lipinski definition) is 2. The molecule has 0 aromatic heterocycles. The molecular formula is C9H13NO6S2. The van der Waals surface area contributed by atoms with Gasteiger partial charge in [-0.2, -0.15) is 8.42 Å². The lowest BCUT2D eigenvalue weighted by Crippen LogP contribution is -2.16. The van der Waals surface area contributed by atoms with Gasteiger partial charge in [-0.1, -0.05) is 6.07 Å². The van der Waals surface area contributed by atoms with Gasteiger partial charge in [-0.15, -0.1) is 0 Å². The first-order valence-corrected chi connectivity index (χ1v) is 7.84. The van der Waals surface area contributed by atoms with Crippen molar-refractivity contribution in [3.63, 3.8) is 0 Å². The summed E-state index contributed by atoms with van der Waals surface area (Å²) in [5, 5.41) is 0. The largest absolute Gasteiger partial charge is 0.399 e. The third-order valence-electron chi connectivity index (χ3n) is 2.13. The lowest BCUT2D eigenvalue weighted by molar-refractivity contribution is 0.284. The summed E-state index contributed by atoms with van der Waals surface area (Å²) in [5.41, 5.74) is 6.27. The number of nitrogen functional groups attached to an aromatic ring is 1. The van der Waals surface area contributed by atoms with Gasteiger partial charge >= 0.3 is 10.4 Å². The van der Waals surface area contributed by atoms with Crippen LogP contribution < -0.4 is 5.73 Å². The summed E-state index contributed by atoms with van der Waals surface area (Å²) in [6.45, 7) is 0.936. The molecule has 0 aliphatic rings. The van der Waals surface area contributed by atoms with E-state index < -0.39 is 32.6 Å². The highest BCUT2D eigenvalue weighted by Crippen LogP contribution is 2.19. The summed E-state index contributed by atoms with van der Waals surface area (Å²) >= 11 is 0. The minimum atomic E-state index is -4.64. The first-order valence-electron chi connectivity index (χ1n) is 4.82. The van der Waals surface area contributed by atoms with Crippen LogP contribution in [0.25, 0.3) is 0 Å². The van der Waals surface area contributed by atoms with Crippen LogP contribution in [-0.4, -0.2) is 33.7 Å². The summed E-state index contributed by atoms with van der Waals surface area (Å²) in [6.07, 6.45) is 0. The van der Waals surface area contributed by atoms with E-state index in [1.54, 1.807) is 19.1 Å². The molecule has 1 aromatic rings. The predicted octanol–water partition coefficient (Wildman–Crippen LogP) is 0.170. The predicted molar refractivity (Wildman–Crippen MR) is 65.1 cm³/mol. The maximum Gasteiger partial charge on any atom is 0.397 e. The number of rotatable bonds is 5. The first-order chi connectivity index (χ1) is 8.12. The summed E-state index contributed by atoms with van der Waals surface area (Å²) in [4.78, 5) is 0.0152. The Morgan fingerprint density at radius 3 is 2.44 bits per heavy atom. The van der Waals surface area contributed by atoms with Crippen molar-refractivity contribution in [2.24, 2.45) is 0 Å². The fraction of sp³-hybridized carbons (Fsp3) is 0.333. The van der Waals surface area contributed by atoms with E-state index in [1.807, 2.05) is 0 Å². The summed E-state index contributed by atoms with van der Waals surface area (Å²) in [6, 6.07) is 4.40. The Hall–Kier alpha value is -1.16. The third-order valence-corrected chi connectivity index (χ3v) is 4.41. The van der Waals surface area contributed by atoms with Crippen molar-refractivity contribution >= 4 is 25.9 Å². The molecule has 0 atom stereocenters. The van der Waals surface area contributed by atoms with Crippen molar-refractivity contribution in [2.45, 2.75) is 11.8 Å². The molecule has 102 valence electrons. The Morgan fingerprint density at radius 1 is 1.28 bits per heavy atom. The van der Waals surface area contributed by atoms with E-state index in [0.29, 0.717) is 5.56 Å². The first kappa shape index (κ1) is 14.9. The molecule has 0 aliphatic carbocycles. The molecule has 0 aliphatic heterocycles. The minimum Gasteiger partial charge on any atom is -0.399 e. The molecular weight excluding hydrogens is 282 g/mol. The number of hydrogen-bond acceptors (Lipinski definition) is 6. The van der Waals surface area contributed by atoms with Crippen molar-refractivity contribution in [1.82, 2.24) is 0 Å². The van der Waals surface area contributed by atoms with E-state index in [0.717, 1.165) is 0 Å². The molecule has 0 heterocycles. The molecule has 1 rings (SSSR count). The molecule has 1 aromatic carbocycles. The molecule has 0 spiro atoms. The monoisotopic (exact) mass is 295 g/mol. The normalized spacial score (nSPS) is 12.6. The smallest absolute Gasteiger partial charge is 0.397 e. The van der Waals surface area contributed by atoms with Crippen LogP contribution in [0.1, 0.15) is 5.56 Å². The molecule has 0 fully saturated rings. The Labute approximate surface area is 105 Å². The van der Waals surface area contributed by atoms with E-state index in [9.17, 15) is 16.8 Å². The van der Waals surface area contributed by atoms with Gasteiger partial charge in [-0.3, -0.25) is 4.55 Å². The Kier molecular flexibility index (Phi) is 4.32. The SMILES string of the molecule is Cc1ccc(N)cc1S(=O)(=O)CCOS(=O)(=O)O. The fourth-order valence-corrected chi connectivity index (χ4v) is 3.11. The van der Waals surface area contributed by atoms with Gasteiger partial charge in [0.25, 0.3) is 0 Å². The molecule has 0 amide bonds. The average molecular weight is 295 g/mol. The second-order valence-electron chi connectivity index (χ2n) is 3.59. The minimum absolute atomic E-state index is 0.0152. The van der Waals surface area contributed by atoms with Crippen molar-refractivity contribution < 1.29 is 25.6 Å². The van der Waals surface area contributed by atoms with Crippen LogP contribution in [0, 0.1) is 6.92 Å². The summed E-state index contributed by atoms with van der Waals surface area (Å²) in [7, 11) is -8.35. The fourth-order valence-electron chi connectivity index (χ4n) is 1.31. The van der Waals surface area contributed by atoms with Crippen LogP contribution in [0.5, 0.6) is 0 Å². The number of benzene rings is 1. The van der Waals surface area contributed by atoms with E-state index in [-0.39, 0.29) is 10.6 Å². The zero-order valence-electron chi connectivity index (χ0n) is 9.53. The van der Waals surface area contributed by atoms with Crippen LogP contribution in [0.4, 0.5) is 5.69 Å². The van der Waals surface area contributed by atoms with E-state index in [4.69, 9.17) is 10.3 Å². The van der Waals surface area contributed by atoms with Crippen molar-refractivity contribution in [3.05, 3.63) is 23.8 Å². The molecule has 0 saturated carbocycles. The van der Waals surface area contributed by atoms with Gasteiger partial charge in [0.1, 0.15) is 0 Å². The number of anilines is 1. The lowest BCUT2D eigenvalue weighted by Gasteiger charge is -2.08. The van der Waals surface area contributed by atoms with Gasteiger partial charge in [0, 0.05) is 5.69 Å². The molecule has 0 radical (unpaired) electrons. The highest BCUT2D eigenvalue weighted by atomic mass is 32.3. The molecule has 0 saturated heterocycles. The molecule has 9 heteroatoms. The van der Waals surface area contributed by atoms with Crippen LogP contribution in [0.2, 0.25) is 0 Å². The van der Waals surface area contributed by atoms with Crippen LogP contribution in [0.3, 0.4) is 0 Å². The van der Waals surface area contributed by atoms with Gasteiger partial charge in [-0.05, 0) is 24.6 Å². The molecule has 0 unspecified atom stereocenters. The second-order valence-corrected chi connectivity index (χ2v) is 6.76. The summed E-state index contributed by atoms with van der Waals surface area (Å²) in [5.74, 6) is -0.572. The molecule has 7 nitrogen and oxygen atoms in total. The lowest BCUT2D eigenvalue weighted by atomic mass is 10.2. The second kappa shape index (κ2) is 5.22. The van der Waals surface area contributed by atoms with Gasteiger partial charge < -0.3 is 5.73 Å². The zero-order valence-corrected chi connectivity index (χ0v) is 11.2. The van der Waals surface area contributed by atoms with Crippen molar-refractivity contribution in [2.75, 3.05) is 18.1 Å². The van der Waals surface area contributed by atoms with Crippen molar-refractivity contribution in [3.8, 4) is 0 Å². The quantitative estimate of drug-likeness (QED) is 0.586. The van der Waals surface area contributed by atoms with Gasteiger partial charge in [0.2, 0.25) is 0 Å². The number of nitrogens with two attached hydrogens (primary N) is 1. The maximum absolute atomic E-state index is 11.9. The van der Waals surface area contributed by atoms with E-state index >= 15 is 0 Å². The molecule has 18 heavy (non-hydrogen) atoms. The van der Waals surface area contributed by atoms with Crippen LogP contribution in [0.15, 0.2) is 23.1 Å². The Balaban J connectivity index is 2.90. The Morgan fingerprint density at radius 2 is 1.89 bits per heavy atom. The van der Waals surface area contributed by atoms with Crippen LogP contribution >= 0.6 is 0 Å². The summed E-state index contributed by atoms with van der Waals surface area (Å²) < 4.78 is 56.6. The third kappa shape index (κ3) is 4.26. The van der Waals surface area contributed by atoms with Gasteiger partial charge in [0.05, 0.1) is 17.3 Å². The number of aryl methyl sites for hydroxylation is 1. The number of sulfone groups is 1. The van der Waals surface area contributed by atoms with E-state index in [2.05, 4.69) is 4.18 Å². The van der Waals surface area contributed by atoms with Gasteiger partial charge in [-0.25, -0.2) is 12.6 Å². The Bertz CT molecular complexity index is 635. The zero-order chi connectivity index (χ0) is 14.0. The topological polar surface area (TPSA) is 124 Å². The highest BCUT2D eigenvalue weighted by Gasteiger charge is 2.18. The average Bonchev–Trinajstić information content (AvgIpc) is 2.19. The molecule has 3 N–H and O–H groups in total.